The highest BCUT2D eigenvalue weighted by molar-refractivity contribution is 5.90. The summed E-state index contributed by atoms with van der Waals surface area (Å²) in [7, 11) is 0. The van der Waals surface area contributed by atoms with Crippen LogP contribution in [0.3, 0.4) is 0 Å². The van der Waals surface area contributed by atoms with E-state index >= 15 is 0 Å². The molecule has 1 aromatic heterocycles. The van der Waals surface area contributed by atoms with Gasteiger partial charge in [-0.3, -0.25) is 4.57 Å². The van der Waals surface area contributed by atoms with Gasteiger partial charge in [0.2, 0.25) is 0 Å². The minimum Gasteiger partial charge on any atom is -0.307 e. The lowest BCUT2D eigenvalue weighted by Gasteiger charge is -2.06. The van der Waals surface area contributed by atoms with E-state index in [0.717, 1.165) is 12.1 Å². The molecular formula is C15H19N3O. The van der Waals surface area contributed by atoms with Gasteiger partial charge in [-0.15, -0.1) is 0 Å². The average Bonchev–Trinajstić information content (AvgIpc) is 2.95. The summed E-state index contributed by atoms with van der Waals surface area (Å²) >= 11 is 0. The highest BCUT2D eigenvalue weighted by Gasteiger charge is 2.03. The summed E-state index contributed by atoms with van der Waals surface area (Å²) in [6.45, 7) is 2.20. The molecule has 2 aromatic rings. The third-order valence-corrected chi connectivity index (χ3v) is 3.01. The molecule has 4 nitrogen and oxygen atoms in total. The van der Waals surface area contributed by atoms with Crippen LogP contribution in [0.1, 0.15) is 31.7 Å². The van der Waals surface area contributed by atoms with Crippen molar-refractivity contribution in [1.82, 2.24) is 9.55 Å². The quantitative estimate of drug-likeness (QED) is 0.830. The second-order valence-corrected chi connectivity index (χ2v) is 4.55. The van der Waals surface area contributed by atoms with Gasteiger partial charge in [0, 0.05) is 18.1 Å². The first-order valence-corrected chi connectivity index (χ1v) is 6.68. The van der Waals surface area contributed by atoms with E-state index in [1.165, 1.54) is 35.7 Å². The summed E-state index contributed by atoms with van der Waals surface area (Å²) < 4.78 is 1.41. The molecule has 0 radical (unpaired) electrons. The number of nitrogens with one attached hydrogen (secondary N) is 1. The maximum absolute atomic E-state index is 11.8. The van der Waals surface area contributed by atoms with Crippen LogP contribution in [0.15, 0.2) is 43.0 Å². The molecule has 1 aromatic carbocycles. The van der Waals surface area contributed by atoms with Gasteiger partial charge in [-0.25, -0.2) is 9.78 Å². The number of imidazole rings is 1. The number of benzene rings is 1. The number of unbranched alkanes of at least 4 members (excludes halogenated alkanes) is 2. The van der Waals surface area contributed by atoms with E-state index in [1.54, 1.807) is 12.4 Å². The minimum atomic E-state index is -0.198. The summed E-state index contributed by atoms with van der Waals surface area (Å²) in [6, 6.07) is 7.82. The van der Waals surface area contributed by atoms with E-state index < -0.39 is 0 Å². The Balaban J connectivity index is 1.90. The van der Waals surface area contributed by atoms with E-state index in [1.807, 2.05) is 12.1 Å². The molecule has 0 fully saturated rings. The maximum Gasteiger partial charge on any atom is 0.331 e. The zero-order valence-electron chi connectivity index (χ0n) is 11.2. The molecule has 100 valence electrons. The van der Waals surface area contributed by atoms with E-state index in [0.29, 0.717) is 0 Å². The van der Waals surface area contributed by atoms with Crippen LogP contribution in [-0.2, 0) is 6.42 Å². The molecule has 1 N–H and O–H groups in total. The normalized spacial score (nSPS) is 10.4. The number of aromatic nitrogens is 2. The smallest absolute Gasteiger partial charge is 0.307 e. The molecule has 4 heteroatoms. The molecule has 0 atom stereocenters. The first kappa shape index (κ1) is 13.3. The first-order valence-electron chi connectivity index (χ1n) is 6.68. The van der Waals surface area contributed by atoms with Crippen molar-refractivity contribution >= 4 is 11.7 Å². The Morgan fingerprint density at radius 3 is 2.68 bits per heavy atom. The van der Waals surface area contributed by atoms with Crippen LogP contribution in [0.5, 0.6) is 0 Å². The number of rotatable bonds is 5. The summed E-state index contributed by atoms with van der Waals surface area (Å²) in [5.74, 6) is 0. The Kier molecular flexibility index (Phi) is 4.72. The van der Waals surface area contributed by atoms with E-state index in [9.17, 15) is 4.79 Å². The third-order valence-electron chi connectivity index (χ3n) is 3.01. The molecule has 1 amide bonds. The van der Waals surface area contributed by atoms with Crippen LogP contribution in [0, 0.1) is 0 Å². The Morgan fingerprint density at radius 2 is 2.05 bits per heavy atom. The van der Waals surface area contributed by atoms with Crippen molar-refractivity contribution in [3.05, 3.63) is 48.5 Å². The second kappa shape index (κ2) is 6.73. The average molecular weight is 257 g/mol. The van der Waals surface area contributed by atoms with Gasteiger partial charge in [0.1, 0.15) is 6.33 Å². The van der Waals surface area contributed by atoms with Crippen molar-refractivity contribution in [2.24, 2.45) is 0 Å². The van der Waals surface area contributed by atoms with Crippen LogP contribution in [0.4, 0.5) is 10.5 Å². The number of hydrogen-bond donors (Lipinski definition) is 1. The van der Waals surface area contributed by atoms with Gasteiger partial charge in [-0.1, -0.05) is 31.9 Å². The number of carbonyl (C=O) groups is 1. The molecule has 0 unspecified atom stereocenters. The molecule has 0 aliphatic carbocycles. The van der Waals surface area contributed by atoms with Gasteiger partial charge in [0.25, 0.3) is 0 Å². The summed E-state index contributed by atoms with van der Waals surface area (Å²) in [4.78, 5) is 15.6. The van der Waals surface area contributed by atoms with Crippen molar-refractivity contribution in [3.8, 4) is 0 Å². The van der Waals surface area contributed by atoms with Crippen LogP contribution >= 0.6 is 0 Å². The van der Waals surface area contributed by atoms with Gasteiger partial charge in [-0.2, -0.15) is 0 Å². The highest BCUT2D eigenvalue weighted by Crippen LogP contribution is 2.12. The SMILES string of the molecule is CCCCCc1ccc(NC(=O)n2ccnc2)cc1. The van der Waals surface area contributed by atoms with Gasteiger partial charge in [0.15, 0.2) is 0 Å². The molecular weight excluding hydrogens is 238 g/mol. The molecule has 0 saturated heterocycles. The largest absolute Gasteiger partial charge is 0.331 e. The molecule has 2 rings (SSSR count). The van der Waals surface area contributed by atoms with Gasteiger partial charge >= 0.3 is 6.03 Å². The molecule has 19 heavy (non-hydrogen) atoms. The van der Waals surface area contributed by atoms with E-state index in [-0.39, 0.29) is 6.03 Å². The van der Waals surface area contributed by atoms with Gasteiger partial charge in [-0.05, 0) is 30.5 Å². The summed E-state index contributed by atoms with van der Waals surface area (Å²) in [5.41, 5.74) is 2.12. The molecule has 0 saturated carbocycles. The highest BCUT2D eigenvalue weighted by atomic mass is 16.2. The summed E-state index contributed by atoms with van der Waals surface area (Å²) in [6.07, 6.45) is 9.50. The first-order chi connectivity index (χ1) is 9.29. The minimum absolute atomic E-state index is 0.198. The molecule has 1 heterocycles. The van der Waals surface area contributed by atoms with Gasteiger partial charge in [0.05, 0.1) is 0 Å². The fraction of sp³-hybridized carbons (Fsp3) is 0.333. The number of nitrogens with zero attached hydrogens (tertiary/aromatic N) is 2. The van der Waals surface area contributed by atoms with Crippen molar-refractivity contribution in [1.29, 1.82) is 0 Å². The standard InChI is InChI=1S/C15H19N3O/c1-2-3-4-5-13-6-8-14(9-7-13)17-15(19)18-11-10-16-12-18/h6-12H,2-5H2,1H3,(H,17,19). The molecule has 0 aliphatic rings. The Bertz CT molecular complexity index is 503. The predicted octanol–water partition coefficient (Wildman–Crippen LogP) is 3.70. The predicted molar refractivity (Wildman–Crippen MR) is 76.3 cm³/mol. The van der Waals surface area contributed by atoms with Crippen molar-refractivity contribution in [2.75, 3.05) is 5.32 Å². The van der Waals surface area contributed by atoms with Crippen LogP contribution in [0.25, 0.3) is 0 Å². The molecule has 0 aliphatic heterocycles. The lowest BCUT2D eigenvalue weighted by molar-refractivity contribution is 0.253. The van der Waals surface area contributed by atoms with Gasteiger partial charge < -0.3 is 5.32 Å². The fourth-order valence-corrected chi connectivity index (χ4v) is 1.90. The fourth-order valence-electron chi connectivity index (χ4n) is 1.90. The van der Waals surface area contributed by atoms with Crippen LogP contribution in [-0.4, -0.2) is 15.6 Å². The molecule has 0 spiro atoms. The number of amides is 1. The van der Waals surface area contributed by atoms with Crippen molar-refractivity contribution < 1.29 is 4.79 Å². The summed E-state index contributed by atoms with van der Waals surface area (Å²) in [5, 5.41) is 2.82. The lowest BCUT2D eigenvalue weighted by Crippen LogP contribution is -2.17. The Labute approximate surface area is 113 Å². The number of hydrogen-bond acceptors (Lipinski definition) is 2. The third kappa shape index (κ3) is 3.95. The van der Waals surface area contributed by atoms with Crippen LogP contribution < -0.4 is 5.32 Å². The Hall–Kier alpha value is -2.10. The number of anilines is 1. The maximum atomic E-state index is 11.8. The van der Waals surface area contributed by atoms with Crippen LogP contribution in [0.2, 0.25) is 0 Å². The monoisotopic (exact) mass is 257 g/mol. The number of aryl methyl sites for hydroxylation is 1. The topological polar surface area (TPSA) is 46.9 Å². The van der Waals surface area contributed by atoms with E-state index in [2.05, 4.69) is 29.4 Å². The number of carbonyl (C=O) groups excluding carboxylic acids is 1. The zero-order valence-corrected chi connectivity index (χ0v) is 11.2. The zero-order chi connectivity index (χ0) is 13.5. The van der Waals surface area contributed by atoms with Crippen molar-refractivity contribution in [3.63, 3.8) is 0 Å². The lowest BCUT2D eigenvalue weighted by atomic mass is 10.1. The second-order valence-electron chi connectivity index (χ2n) is 4.55. The van der Waals surface area contributed by atoms with E-state index in [4.69, 9.17) is 0 Å². The Morgan fingerprint density at radius 1 is 1.26 bits per heavy atom. The van der Waals surface area contributed by atoms with Crippen molar-refractivity contribution in [2.45, 2.75) is 32.6 Å². The molecule has 0 bridgehead atoms.